The Labute approximate surface area is 147 Å². The Hall–Kier alpha value is -1.69. The molecular formula is C20H26N2O3. The molecule has 2 heterocycles. The zero-order valence-corrected chi connectivity index (χ0v) is 14.9. The van der Waals surface area contributed by atoms with Crippen LogP contribution in [0.3, 0.4) is 0 Å². The number of hydrogen-bond acceptors (Lipinski definition) is 4. The molecule has 2 fully saturated rings. The Morgan fingerprint density at radius 1 is 1.36 bits per heavy atom. The molecule has 4 rings (SSSR count). The number of aliphatic hydroxyl groups is 1. The van der Waals surface area contributed by atoms with Crippen molar-refractivity contribution in [2.75, 3.05) is 13.7 Å². The summed E-state index contributed by atoms with van der Waals surface area (Å²) in [6.07, 6.45) is 3.10. The van der Waals surface area contributed by atoms with Crippen LogP contribution in [0.5, 0.6) is 0 Å². The van der Waals surface area contributed by atoms with Gasteiger partial charge >= 0.3 is 0 Å². The molecule has 2 aliphatic rings. The van der Waals surface area contributed by atoms with Gasteiger partial charge in [-0.25, -0.2) is 0 Å². The Morgan fingerprint density at radius 3 is 3.00 bits per heavy atom. The molecule has 1 aromatic heterocycles. The van der Waals surface area contributed by atoms with E-state index in [9.17, 15) is 9.90 Å². The fourth-order valence-electron chi connectivity index (χ4n) is 4.66. The highest BCUT2D eigenvalue weighted by Gasteiger charge is 2.50. The summed E-state index contributed by atoms with van der Waals surface area (Å²) in [5, 5.41) is 11.2. The van der Waals surface area contributed by atoms with Crippen LogP contribution >= 0.6 is 0 Å². The van der Waals surface area contributed by atoms with Gasteiger partial charge in [0.05, 0.1) is 11.7 Å². The van der Waals surface area contributed by atoms with Crippen LogP contribution in [0.25, 0.3) is 10.9 Å². The standard InChI is InChI=1S/C20H26N2O3/c1-13-3-4-14-10-15(19(24)21-17(14)9-13)12-22-8-7-20(25-2)6-5-16(23)11-18(20)22/h3-4,9-10,16,18,23H,5-8,11-12H2,1-2H3,(H,21,24)/t16-,18-,20+/m0/s1. The molecular weight excluding hydrogens is 316 g/mol. The quantitative estimate of drug-likeness (QED) is 0.899. The molecule has 1 aromatic carbocycles. The summed E-state index contributed by atoms with van der Waals surface area (Å²) in [5.41, 5.74) is 2.61. The van der Waals surface area contributed by atoms with E-state index in [0.717, 1.165) is 54.3 Å². The number of aryl methyl sites for hydroxylation is 1. The first-order chi connectivity index (χ1) is 12.0. The van der Waals surface area contributed by atoms with Crippen molar-refractivity contribution in [2.24, 2.45) is 0 Å². The van der Waals surface area contributed by atoms with E-state index in [1.165, 1.54) is 0 Å². The number of H-pyrrole nitrogens is 1. The van der Waals surface area contributed by atoms with Crippen molar-refractivity contribution in [1.29, 1.82) is 0 Å². The van der Waals surface area contributed by atoms with Crippen LogP contribution < -0.4 is 5.56 Å². The Kier molecular flexibility index (Phi) is 4.18. The maximum atomic E-state index is 12.5. The molecule has 0 unspecified atom stereocenters. The number of rotatable bonds is 3. The average Bonchev–Trinajstić information content (AvgIpc) is 2.94. The number of pyridine rings is 1. The minimum absolute atomic E-state index is 0.0237. The Morgan fingerprint density at radius 2 is 2.20 bits per heavy atom. The number of methoxy groups -OCH3 is 1. The fourth-order valence-corrected chi connectivity index (χ4v) is 4.66. The van der Waals surface area contributed by atoms with E-state index in [1.54, 1.807) is 7.11 Å². The summed E-state index contributed by atoms with van der Waals surface area (Å²) in [7, 11) is 1.78. The Bertz CT molecular complexity index is 846. The van der Waals surface area contributed by atoms with Gasteiger partial charge in [-0.2, -0.15) is 0 Å². The number of benzene rings is 1. The van der Waals surface area contributed by atoms with Gasteiger partial charge < -0.3 is 14.8 Å². The molecule has 134 valence electrons. The predicted molar refractivity (Wildman–Crippen MR) is 97.7 cm³/mol. The van der Waals surface area contributed by atoms with Gasteiger partial charge in [-0.3, -0.25) is 9.69 Å². The molecule has 1 aliphatic heterocycles. The molecule has 0 bridgehead atoms. The number of fused-ring (bicyclic) bond motifs is 2. The van der Waals surface area contributed by atoms with Gasteiger partial charge in [0, 0.05) is 37.3 Å². The monoisotopic (exact) mass is 342 g/mol. The third kappa shape index (κ3) is 2.90. The van der Waals surface area contributed by atoms with Crippen molar-refractivity contribution in [2.45, 2.75) is 56.9 Å². The molecule has 5 heteroatoms. The van der Waals surface area contributed by atoms with Gasteiger partial charge in [0.2, 0.25) is 0 Å². The summed E-state index contributed by atoms with van der Waals surface area (Å²) in [6.45, 7) is 3.52. The lowest BCUT2D eigenvalue weighted by molar-refractivity contribution is -0.0879. The van der Waals surface area contributed by atoms with E-state index in [0.29, 0.717) is 6.54 Å². The maximum Gasteiger partial charge on any atom is 0.252 e. The molecule has 0 radical (unpaired) electrons. The van der Waals surface area contributed by atoms with Gasteiger partial charge in [-0.15, -0.1) is 0 Å². The summed E-state index contributed by atoms with van der Waals surface area (Å²) in [5.74, 6) is 0. The first-order valence-electron chi connectivity index (χ1n) is 9.10. The highest BCUT2D eigenvalue weighted by atomic mass is 16.5. The zero-order chi connectivity index (χ0) is 17.6. The van der Waals surface area contributed by atoms with Gasteiger partial charge in [0.25, 0.3) is 5.56 Å². The number of aliphatic hydroxyl groups excluding tert-OH is 1. The van der Waals surface area contributed by atoms with E-state index >= 15 is 0 Å². The maximum absolute atomic E-state index is 12.5. The van der Waals surface area contributed by atoms with Crippen molar-refractivity contribution in [3.05, 3.63) is 45.7 Å². The highest BCUT2D eigenvalue weighted by molar-refractivity contribution is 5.79. The smallest absolute Gasteiger partial charge is 0.252 e. The van der Waals surface area contributed by atoms with Crippen molar-refractivity contribution < 1.29 is 9.84 Å². The van der Waals surface area contributed by atoms with Crippen molar-refractivity contribution in [3.63, 3.8) is 0 Å². The number of likely N-dealkylation sites (tertiary alicyclic amines) is 1. The van der Waals surface area contributed by atoms with E-state index in [4.69, 9.17) is 4.74 Å². The van der Waals surface area contributed by atoms with Crippen molar-refractivity contribution in [1.82, 2.24) is 9.88 Å². The predicted octanol–water partition coefficient (Wildman–Crippen LogP) is 2.34. The van der Waals surface area contributed by atoms with Crippen LogP contribution in [0.4, 0.5) is 0 Å². The third-order valence-corrected chi connectivity index (χ3v) is 6.12. The lowest BCUT2D eigenvalue weighted by atomic mass is 9.79. The van der Waals surface area contributed by atoms with Gasteiger partial charge in [-0.1, -0.05) is 12.1 Å². The van der Waals surface area contributed by atoms with E-state index in [1.807, 2.05) is 19.1 Å². The molecule has 1 saturated carbocycles. The summed E-state index contributed by atoms with van der Waals surface area (Å²) < 4.78 is 5.89. The van der Waals surface area contributed by atoms with E-state index < -0.39 is 0 Å². The molecule has 3 atom stereocenters. The van der Waals surface area contributed by atoms with Gasteiger partial charge in [0.1, 0.15) is 0 Å². The number of nitrogens with zero attached hydrogens (tertiary/aromatic N) is 1. The number of ether oxygens (including phenoxy) is 1. The fraction of sp³-hybridized carbons (Fsp3) is 0.550. The van der Waals surface area contributed by atoms with Crippen LogP contribution in [-0.4, -0.2) is 46.4 Å². The van der Waals surface area contributed by atoms with Crippen LogP contribution in [0.1, 0.15) is 36.8 Å². The van der Waals surface area contributed by atoms with Crippen molar-refractivity contribution in [3.8, 4) is 0 Å². The highest BCUT2D eigenvalue weighted by Crippen LogP contribution is 2.42. The number of hydrogen-bond donors (Lipinski definition) is 2. The van der Waals surface area contributed by atoms with Crippen LogP contribution in [-0.2, 0) is 11.3 Å². The van der Waals surface area contributed by atoms with Crippen LogP contribution in [0.15, 0.2) is 29.1 Å². The first-order valence-corrected chi connectivity index (χ1v) is 9.10. The summed E-state index contributed by atoms with van der Waals surface area (Å²) in [4.78, 5) is 17.9. The second-order valence-electron chi connectivity index (χ2n) is 7.65. The minimum Gasteiger partial charge on any atom is -0.393 e. The summed E-state index contributed by atoms with van der Waals surface area (Å²) >= 11 is 0. The molecule has 0 amide bonds. The molecule has 0 spiro atoms. The SMILES string of the molecule is CO[C@@]12CC[C@H](O)C[C@@H]1N(Cc1cc3ccc(C)cc3[nH]c1=O)CC2. The number of aromatic amines is 1. The van der Waals surface area contributed by atoms with Gasteiger partial charge in [-0.05, 0) is 55.7 Å². The second-order valence-corrected chi connectivity index (χ2v) is 7.65. The zero-order valence-electron chi connectivity index (χ0n) is 14.9. The molecule has 1 saturated heterocycles. The molecule has 2 aromatic rings. The molecule has 5 nitrogen and oxygen atoms in total. The largest absolute Gasteiger partial charge is 0.393 e. The molecule has 1 aliphatic carbocycles. The normalized spacial score (nSPS) is 29.9. The lowest BCUT2D eigenvalue weighted by Gasteiger charge is -2.42. The van der Waals surface area contributed by atoms with Crippen LogP contribution in [0.2, 0.25) is 0 Å². The van der Waals surface area contributed by atoms with E-state index in [2.05, 4.69) is 22.0 Å². The van der Waals surface area contributed by atoms with Gasteiger partial charge in [0.15, 0.2) is 0 Å². The Balaban J connectivity index is 1.64. The van der Waals surface area contributed by atoms with E-state index in [-0.39, 0.29) is 23.3 Å². The second kappa shape index (κ2) is 6.24. The minimum atomic E-state index is -0.272. The van der Waals surface area contributed by atoms with Crippen LogP contribution in [0, 0.1) is 6.92 Å². The molecule has 25 heavy (non-hydrogen) atoms. The first kappa shape index (κ1) is 16.8. The molecule has 2 N–H and O–H groups in total. The average molecular weight is 342 g/mol. The van der Waals surface area contributed by atoms with Crippen molar-refractivity contribution >= 4 is 10.9 Å². The number of aromatic nitrogens is 1. The summed E-state index contributed by atoms with van der Waals surface area (Å²) in [6, 6.07) is 8.30. The number of nitrogens with one attached hydrogen (secondary N) is 1. The topological polar surface area (TPSA) is 65.6 Å². The lowest BCUT2D eigenvalue weighted by Crippen LogP contribution is -2.51. The third-order valence-electron chi connectivity index (χ3n) is 6.12.